The molecule has 14 heavy (non-hydrogen) atoms. The van der Waals surface area contributed by atoms with Crippen LogP contribution in [-0.4, -0.2) is 33.4 Å². The third kappa shape index (κ3) is 2.75. The normalized spacial score (nSPS) is 26.9. The van der Waals surface area contributed by atoms with Crippen molar-refractivity contribution in [3.05, 3.63) is 18.5 Å². The van der Waals surface area contributed by atoms with Crippen LogP contribution in [0.2, 0.25) is 0 Å². The second-order valence-corrected chi connectivity index (χ2v) is 5.27. The van der Waals surface area contributed by atoms with Gasteiger partial charge in [0.25, 0.3) is 0 Å². The van der Waals surface area contributed by atoms with Gasteiger partial charge in [0.1, 0.15) is 0 Å². The van der Waals surface area contributed by atoms with Crippen LogP contribution in [0, 0.1) is 0 Å². The Hall–Kier alpha value is -0.480. The highest BCUT2D eigenvalue weighted by Crippen LogP contribution is 2.25. The van der Waals surface area contributed by atoms with Gasteiger partial charge in [-0.05, 0) is 12.5 Å². The first-order valence-corrected chi connectivity index (χ1v) is 6.22. The molecule has 1 aliphatic rings. The summed E-state index contributed by atoms with van der Waals surface area (Å²) in [4.78, 5) is 0. The lowest BCUT2D eigenvalue weighted by molar-refractivity contribution is 0.491. The van der Waals surface area contributed by atoms with Crippen LogP contribution in [0.25, 0.3) is 0 Å². The lowest BCUT2D eigenvalue weighted by Crippen LogP contribution is -2.32. The van der Waals surface area contributed by atoms with Crippen molar-refractivity contribution < 1.29 is 0 Å². The van der Waals surface area contributed by atoms with Crippen LogP contribution in [0.4, 0.5) is 0 Å². The Labute approximate surface area is 89.3 Å². The van der Waals surface area contributed by atoms with Crippen LogP contribution in [-0.2, 0) is 6.54 Å². The van der Waals surface area contributed by atoms with Gasteiger partial charge in [-0.3, -0.25) is 4.68 Å². The average molecular weight is 211 g/mol. The van der Waals surface area contributed by atoms with E-state index in [1.807, 2.05) is 23.1 Å². The van der Waals surface area contributed by atoms with Crippen LogP contribution >= 0.6 is 11.8 Å². The van der Waals surface area contributed by atoms with Crippen LogP contribution in [0.5, 0.6) is 0 Å². The molecule has 2 heterocycles. The number of hydrogen-bond donors (Lipinski definition) is 1. The molecule has 0 aliphatic carbocycles. The van der Waals surface area contributed by atoms with Crippen molar-refractivity contribution in [3.63, 3.8) is 0 Å². The highest BCUT2D eigenvalue weighted by atomic mass is 32.2. The Bertz CT molecular complexity index is 260. The molecule has 0 spiro atoms. The third-order valence-corrected chi connectivity index (χ3v) is 3.89. The van der Waals surface area contributed by atoms with Crippen molar-refractivity contribution in [2.24, 2.45) is 0 Å². The number of thioether (sulfide) groups is 1. The van der Waals surface area contributed by atoms with Crippen LogP contribution in [0.15, 0.2) is 18.5 Å². The van der Waals surface area contributed by atoms with Gasteiger partial charge < -0.3 is 5.32 Å². The molecule has 2 atom stereocenters. The summed E-state index contributed by atoms with van der Waals surface area (Å²) in [6.07, 6.45) is 5.14. The average Bonchev–Trinajstić information content (AvgIpc) is 2.77. The lowest BCUT2D eigenvalue weighted by atomic mass is 10.2. The molecular weight excluding hydrogens is 194 g/mol. The number of hydrogen-bond acceptors (Lipinski definition) is 3. The molecule has 2 unspecified atom stereocenters. The van der Waals surface area contributed by atoms with E-state index in [0.717, 1.165) is 18.3 Å². The molecule has 0 bridgehead atoms. The largest absolute Gasteiger partial charge is 0.311 e. The van der Waals surface area contributed by atoms with Crippen LogP contribution < -0.4 is 5.32 Å². The molecule has 1 aromatic heterocycles. The Morgan fingerprint density at radius 2 is 2.57 bits per heavy atom. The fourth-order valence-corrected chi connectivity index (χ4v) is 2.96. The van der Waals surface area contributed by atoms with E-state index < -0.39 is 0 Å². The molecule has 0 amide bonds. The SMILES string of the molecule is CC1CC(NCCn2cccn2)CS1. The highest BCUT2D eigenvalue weighted by molar-refractivity contribution is 8.00. The molecule has 1 N–H and O–H groups in total. The van der Waals surface area contributed by atoms with E-state index in [-0.39, 0.29) is 0 Å². The number of rotatable bonds is 4. The molecule has 0 radical (unpaired) electrons. The maximum Gasteiger partial charge on any atom is 0.0534 e. The molecule has 1 saturated heterocycles. The summed E-state index contributed by atoms with van der Waals surface area (Å²) >= 11 is 2.07. The third-order valence-electron chi connectivity index (χ3n) is 2.53. The van der Waals surface area contributed by atoms with Crippen molar-refractivity contribution in [1.29, 1.82) is 0 Å². The number of nitrogens with one attached hydrogen (secondary N) is 1. The highest BCUT2D eigenvalue weighted by Gasteiger charge is 2.20. The number of nitrogens with zero attached hydrogens (tertiary/aromatic N) is 2. The van der Waals surface area contributed by atoms with Crippen molar-refractivity contribution in [2.45, 2.75) is 31.2 Å². The second kappa shape index (κ2) is 4.84. The lowest BCUT2D eigenvalue weighted by Gasteiger charge is -2.11. The summed E-state index contributed by atoms with van der Waals surface area (Å²) in [5.41, 5.74) is 0. The summed E-state index contributed by atoms with van der Waals surface area (Å²) in [5.74, 6) is 1.26. The van der Waals surface area contributed by atoms with E-state index in [0.29, 0.717) is 6.04 Å². The maximum absolute atomic E-state index is 4.17. The summed E-state index contributed by atoms with van der Waals surface area (Å²) in [5, 5.41) is 8.57. The van der Waals surface area contributed by atoms with Crippen molar-refractivity contribution in [1.82, 2.24) is 15.1 Å². The Morgan fingerprint density at radius 1 is 1.64 bits per heavy atom. The maximum atomic E-state index is 4.17. The molecule has 1 fully saturated rings. The smallest absolute Gasteiger partial charge is 0.0534 e. The Balaban J connectivity index is 1.64. The molecule has 4 heteroatoms. The van der Waals surface area contributed by atoms with Gasteiger partial charge in [-0.25, -0.2) is 0 Å². The van der Waals surface area contributed by atoms with Gasteiger partial charge in [0, 0.05) is 36.0 Å². The summed E-state index contributed by atoms with van der Waals surface area (Å²) in [6, 6.07) is 2.68. The standard InChI is InChI=1S/C10H17N3S/c1-9-7-10(8-14-9)11-4-6-13-5-2-3-12-13/h2-3,5,9-11H,4,6-8H2,1H3. The molecule has 1 aliphatic heterocycles. The fourth-order valence-electron chi connectivity index (χ4n) is 1.78. The van der Waals surface area contributed by atoms with E-state index in [4.69, 9.17) is 0 Å². The second-order valence-electron chi connectivity index (χ2n) is 3.80. The van der Waals surface area contributed by atoms with Gasteiger partial charge in [0.15, 0.2) is 0 Å². The predicted molar refractivity (Wildman–Crippen MR) is 60.6 cm³/mol. The van der Waals surface area contributed by atoms with E-state index in [2.05, 4.69) is 29.1 Å². The van der Waals surface area contributed by atoms with E-state index in [9.17, 15) is 0 Å². The van der Waals surface area contributed by atoms with Crippen LogP contribution in [0.3, 0.4) is 0 Å². The van der Waals surface area contributed by atoms with Crippen LogP contribution in [0.1, 0.15) is 13.3 Å². The molecule has 2 rings (SSSR count). The Morgan fingerprint density at radius 3 is 3.21 bits per heavy atom. The monoisotopic (exact) mass is 211 g/mol. The van der Waals surface area contributed by atoms with E-state index >= 15 is 0 Å². The first kappa shape index (κ1) is 10.1. The zero-order valence-corrected chi connectivity index (χ0v) is 9.33. The first-order valence-electron chi connectivity index (χ1n) is 5.17. The van der Waals surface area contributed by atoms with Crippen molar-refractivity contribution in [2.75, 3.05) is 12.3 Å². The molecule has 0 saturated carbocycles. The number of aromatic nitrogens is 2. The topological polar surface area (TPSA) is 29.9 Å². The van der Waals surface area contributed by atoms with Gasteiger partial charge in [0.05, 0.1) is 6.54 Å². The molecule has 0 aromatic carbocycles. The molecule has 1 aromatic rings. The summed E-state index contributed by atoms with van der Waals surface area (Å²) in [6.45, 7) is 4.31. The van der Waals surface area contributed by atoms with Gasteiger partial charge >= 0.3 is 0 Å². The van der Waals surface area contributed by atoms with Gasteiger partial charge in [-0.1, -0.05) is 6.92 Å². The fraction of sp³-hybridized carbons (Fsp3) is 0.700. The molecule has 3 nitrogen and oxygen atoms in total. The van der Waals surface area contributed by atoms with Gasteiger partial charge in [-0.15, -0.1) is 0 Å². The Kier molecular flexibility index (Phi) is 3.48. The van der Waals surface area contributed by atoms with E-state index in [1.165, 1.54) is 12.2 Å². The minimum atomic E-state index is 0.713. The van der Waals surface area contributed by atoms with E-state index in [1.54, 1.807) is 0 Å². The summed E-state index contributed by atoms with van der Waals surface area (Å²) < 4.78 is 1.97. The zero-order valence-electron chi connectivity index (χ0n) is 8.52. The molecular formula is C10H17N3S. The van der Waals surface area contributed by atoms with Crippen molar-refractivity contribution in [3.8, 4) is 0 Å². The minimum absolute atomic E-state index is 0.713. The first-order chi connectivity index (χ1) is 6.84. The molecule has 78 valence electrons. The van der Waals surface area contributed by atoms with Gasteiger partial charge in [-0.2, -0.15) is 16.9 Å². The quantitative estimate of drug-likeness (QED) is 0.815. The predicted octanol–water partition coefficient (Wildman–Crippen LogP) is 1.37. The summed E-state index contributed by atoms with van der Waals surface area (Å²) in [7, 11) is 0. The van der Waals surface area contributed by atoms with Gasteiger partial charge in [0.2, 0.25) is 0 Å². The van der Waals surface area contributed by atoms with Crippen molar-refractivity contribution >= 4 is 11.8 Å². The zero-order chi connectivity index (χ0) is 9.80. The minimum Gasteiger partial charge on any atom is -0.311 e.